The number of halogens is 1. The quantitative estimate of drug-likeness (QED) is 0.817. The van der Waals surface area contributed by atoms with E-state index in [9.17, 15) is 9.18 Å². The molecule has 1 heterocycles. The van der Waals surface area contributed by atoms with Gasteiger partial charge in [0.15, 0.2) is 0 Å². The van der Waals surface area contributed by atoms with Gasteiger partial charge in [-0.05, 0) is 49.9 Å². The summed E-state index contributed by atoms with van der Waals surface area (Å²) in [6, 6.07) is 5.15. The molecule has 1 aromatic carbocycles. The lowest BCUT2D eigenvalue weighted by atomic mass is 9.98. The van der Waals surface area contributed by atoms with Gasteiger partial charge in [-0.25, -0.2) is 9.18 Å². The van der Waals surface area contributed by atoms with E-state index in [0.29, 0.717) is 10.8 Å². The van der Waals surface area contributed by atoms with Crippen molar-refractivity contribution in [3.8, 4) is 0 Å². The molecule has 2 N–H and O–H groups in total. The van der Waals surface area contributed by atoms with Gasteiger partial charge in [0.05, 0.1) is 0 Å². The van der Waals surface area contributed by atoms with Crippen molar-refractivity contribution in [3.63, 3.8) is 0 Å². The van der Waals surface area contributed by atoms with Gasteiger partial charge < -0.3 is 5.32 Å². The van der Waals surface area contributed by atoms with Gasteiger partial charge in [-0.2, -0.15) is 0 Å². The Morgan fingerprint density at radius 1 is 1.17 bits per heavy atom. The fraction of sp³-hybridized carbons (Fsp3) is 0.312. The zero-order valence-corrected chi connectivity index (χ0v) is 13.3. The van der Waals surface area contributed by atoms with Gasteiger partial charge in [0.1, 0.15) is 10.8 Å². The molecule has 1 aliphatic carbocycles. The summed E-state index contributed by atoms with van der Waals surface area (Å²) < 4.78 is 12.8. The fourth-order valence-electron chi connectivity index (χ4n) is 2.43. The number of hydrogen-bond donors (Lipinski definition) is 2. The van der Waals surface area contributed by atoms with Crippen molar-refractivity contribution in [2.45, 2.75) is 32.1 Å². The average molecular weight is 332 g/mol. The van der Waals surface area contributed by atoms with E-state index in [-0.39, 0.29) is 5.82 Å². The molecule has 7 heteroatoms. The maximum atomic E-state index is 12.8. The first-order valence-electron chi connectivity index (χ1n) is 7.53. The largest absolute Gasteiger partial charge is 0.325 e. The molecule has 0 spiro atoms. The predicted octanol–water partition coefficient (Wildman–Crippen LogP) is 4.36. The molecule has 0 atom stereocenters. The molecular formula is C16H17FN4OS. The van der Waals surface area contributed by atoms with Gasteiger partial charge in [-0.15, -0.1) is 10.2 Å². The van der Waals surface area contributed by atoms with E-state index < -0.39 is 6.03 Å². The van der Waals surface area contributed by atoms with E-state index in [2.05, 4.69) is 26.9 Å². The summed E-state index contributed by atoms with van der Waals surface area (Å²) >= 11 is 1.37. The minimum atomic E-state index is -0.420. The first-order valence-corrected chi connectivity index (χ1v) is 8.34. The first-order chi connectivity index (χ1) is 11.2. The minimum Gasteiger partial charge on any atom is -0.308 e. The van der Waals surface area contributed by atoms with Crippen LogP contribution in [-0.2, 0) is 6.42 Å². The number of aromatic nitrogens is 2. The van der Waals surface area contributed by atoms with Crippen LogP contribution in [0.5, 0.6) is 0 Å². The Hall–Kier alpha value is -2.28. The van der Waals surface area contributed by atoms with Crippen LogP contribution in [0.3, 0.4) is 0 Å². The molecule has 120 valence electrons. The van der Waals surface area contributed by atoms with E-state index in [4.69, 9.17) is 0 Å². The van der Waals surface area contributed by atoms with Crippen LogP contribution in [0.25, 0.3) is 0 Å². The van der Waals surface area contributed by atoms with E-state index in [1.807, 2.05) is 0 Å². The highest BCUT2D eigenvalue weighted by Crippen LogP contribution is 2.24. The second-order valence-corrected chi connectivity index (χ2v) is 6.43. The smallest absolute Gasteiger partial charge is 0.308 e. The highest BCUT2D eigenvalue weighted by molar-refractivity contribution is 7.15. The van der Waals surface area contributed by atoms with Crippen LogP contribution >= 0.6 is 11.3 Å². The Labute approximate surface area is 137 Å². The molecule has 3 rings (SSSR count). The summed E-state index contributed by atoms with van der Waals surface area (Å²) in [5, 5.41) is 14.7. The monoisotopic (exact) mass is 332 g/mol. The van der Waals surface area contributed by atoms with E-state index in [0.717, 1.165) is 24.3 Å². The highest BCUT2D eigenvalue weighted by Gasteiger charge is 2.11. The van der Waals surface area contributed by atoms with Crippen molar-refractivity contribution in [1.29, 1.82) is 0 Å². The Morgan fingerprint density at radius 3 is 2.74 bits per heavy atom. The summed E-state index contributed by atoms with van der Waals surface area (Å²) in [5.74, 6) is -0.346. The molecule has 2 aromatic rings. The second kappa shape index (κ2) is 7.32. The predicted molar refractivity (Wildman–Crippen MR) is 89.2 cm³/mol. The van der Waals surface area contributed by atoms with Crippen molar-refractivity contribution >= 4 is 28.2 Å². The maximum Gasteiger partial charge on any atom is 0.325 e. The summed E-state index contributed by atoms with van der Waals surface area (Å²) in [4.78, 5) is 11.9. The molecule has 0 saturated carbocycles. The fourth-order valence-corrected chi connectivity index (χ4v) is 3.22. The molecule has 0 radical (unpaired) electrons. The molecule has 0 saturated heterocycles. The highest BCUT2D eigenvalue weighted by atomic mass is 32.1. The molecule has 2 amide bonds. The van der Waals surface area contributed by atoms with Crippen molar-refractivity contribution < 1.29 is 9.18 Å². The van der Waals surface area contributed by atoms with Gasteiger partial charge in [0.25, 0.3) is 0 Å². The zero-order valence-electron chi connectivity index (χ0n) is 12.5. The molecular weight excluding hydrogens is 315 g/mol. The Bertz CT molecular complexity index is 711. The zero-order chi connectivity index (χ0) is 16.1. The summed E-state index contributed by atoms with van der Waals surface area (Å²) in [6.07, 6.45) is 7.83. The SMILES string of the molecule is O=C(Nc1ccc(F)cc1)Nc1nnc(CC2=CCCCC2)s1. The molecule has 1 aromatic heterocycles. The third kappa shape index (κ3) is 4.59. The average Bonchev–Trinajstić information content (AvgIpc) is 2.97. The lowest BCUT2D eigenvalue weighted by Crippen LogP contribution is -2.19. The number of carbonyl (C=O) groups excluding carboxylic acids is 1. The van der Waals surface area contributed by atoms with Crippen LogP contribution in [-0.4, -0.2) is 16.2 Å². The topological polar surface area (TPSA) is 66.9 Å². The van der Waals surface area contributed by atoms with Gasteiger partial charge in [0, 0.05) is 12.1 Å². The standard InChI is InChI=1S/C16H17FN4OS/c17-12-6-8-13(9-7-12)18-15(22)19-16-21-20-14(23-16)10-11-4-2-1-3-5-11/h4,6-9H,1-3,5,10H2,(H2,18,19,21,22). The first kappa shape index (κ1) is 15.6. The van der Waals surface area contributed by atoms with Crippen LogP contribution in [0.4, 0.5) is 20.0 Å². The summed E-state index contributed by atoms with van der Waals surface area (Å²) in [6.45, 7) is 0. The van der Waals surface area contributed by atoms with Crippen LogP contribution in [0.15, 0.2) is 35.9 Å². The third-order valence-corrected chi connectivity index (χ3v) is 4.39. The summed E-state index contributed by atoms with van der Waals surface area (Å²) in [5.41, 5.74) is 1.91. The third-order valence-electron chi connectivity index (χ3n) is 3.55. The normalized spacial score (nSPS) is 14.2. The van der Waals surface area contributed by atoms with Crippen molar-refractivity contribution in [2.24, 2.45) is 0 Å². The Balaban J connectivity index is 1.54. The van der Waals surface area contributed by atoms with E-state index in [1.54, 1.807) is 0 Å². The number of urea groups is 1. The van der Waals surface area contributed by atoms with Gasteiger partial charge in [0.2, 0.25) is 5.13 Å². The number of nitrogens with zero attached hydrogens (tertiary/aromatic N) is 2. The van der Waals surface area contributed by atoms with E-state index >= 15 is 0 Å². The number of rotatable bonds is 4. The van der Waals surface area contributed by atoms with Gasteiger partial charge in [-0.1, -0.05) is 23.0 Å². The summed E-state index contributed by atoms with van der Waals surface area (Å²) in [7, 11) is 0. The number of nitrogens with one attached hydrogen (secondary N) is 2. The van der Waals surface area contributed by atoms with E-state index in [1.165, 1.54) is 54.0 Å². The number of allylic oxidation sites excluding steroid dienone is 2. The lowest BCUT2D eigenvalue weighted by Gasteiger charge is -2.10. The second-order valence-electron chi connectivity index (χ2n) is 5.37. The molecule has 0 unspecified atom stereocenters. The minimum absolute atomic E-state index is 0.346. The number of benzene rings is 1. The number of carbonyl (C=O) groups is 1. The molecule has 0 fully saturated rings. The maximum absolute atomic E-state index is 12.8. The van der Waals surface area contributed by atoms with Crippen molar-refractivity contribution in [1.82, 2.24) is 10.2 Å². The molecule has 23 heavy (non-hydrogen) atoms. The van der Waals surface area contributed by atoms with Crippen molar-refractivity contribution in [3.05, 3.63) is 46.7 Å². The van der Waals surface area contributed by atoms with Gasteiger partial charge >= 0.3 is 6.03 Å². The van der Waals surface area contributed by atoms with Gasteiger partial charge in [-0.3, -0.25) is 5.32 Å². The molecule has 5 nitrogen and oxygen atoms in total. The molecule has 1 aliphatic rings. The number of hydrogen-bond acceptors (Lipinski definition) is 4. The molecule has 0 aliphatic heterocycles. The van der Waals surface area contributed by atoms with Crippen LogP contribution in [0.2, 0.25) is 0 Å². The Kier molecular flexibility index (Phi) is 4.97. The van der Waals surface area contributed by atoms with Crippen LogP contribution < -0.4 is 10.6 Å². The number of amides is 2. The number of anilines is 2. The Morgan fingerprint density at radius 2 is 2.00 bits per heavy atom. The van der Waals surface area contributed by atoms with Crippen molar-refractivity contribution in [2.75, 3.05) is 10.6 Å². The van der Waals surface area contributed by atoms with Crippen LogP contribution in [0.1, 0.15) is 30.7 Å². The molecule has 0 bridgehead atoms. The lowest BCUT2D eigenvalue weighted by molar-refractivity contribution is 0.262. The van der Waals surface area contributed by atoms with Crippen LogP contribution in [0, 0.1) is 5.82 Å².